The van der Waals surface area contributed by atoms with Gasteiger partial charge >= 0.3 is 0 Å². The summed E-state index contributed by atoms with van der Waals surface area (Å²) in [5.74, 6) is 1.89. The first-order chi connectivity index (χ1) is 14.1. The Balaban J connectivity index is 1.53. The number of benzene rings is 2. The molecular weight excluding hydrogens is 370 g/mol. The first kappa shape index (κ1) is 17.0. The average molecular weight is 387 g/mol. The van der Waals surface area contributed by atoms with Gasteiger partial charge in [0, 0.05) is 25.3 Å². The third-order valence-electron chi connectivity index (χ3n) is 4.88. The Hall–Kier alpha value is -4.08. The van der Waals surface area contributed by atoms with Crippen molar-refractivity contribution >= 4 is 22.4 Å². The zero-order valence-corrected chi connectivity index (χ0v) is 15.8. The van der Waals surface area contributed by atoms with Gasteiger partial charge in [-0.3, -0.25) is 13.8 Å². The monoisotopic (exact) mass is 387 g/mol. The summed E-state index contributed by atoms with van der Waals surface area (Å²) in [5.41, 5.74) is 2.49. The number of para-hydroxylation sites is 1. The van der Waals surface area contributed by atoms with Crippen LogP contribution in [0.25, 0.3) is 28.1 Å². The van der Waals surface area contributed by atoms with Crippen LogP contribution in [0.1, 0.15) is 5.82 Å². The van der Waals surface area contributed by atoms with Crippen molar-refractivity contribution in [2.45, 2.75) is 6.54 Å². The van der Waals surface area contributed by atoms with Crippen LogP contribution in [-0.2, 0) is 20.6 Å². The molecule has 3 heterocycles. The molecule has 10 heteroatoms. The first-order valence-corrected chi connectivity index (χ1v) is 9.02. The van der Waals surface area contributed by atoms with Gasteiger partial charge < -0.3 is 5.32 Å². The summed E-state index contributed by atoms with van der Waals surface area (Å²) in [6, 6.07) is 15.3. The highest BCUT2D eigenvalue weighted by molar-refractivity contribution is 5.80. The zero-order valence-electron chi connectivity index (χ0n) is 15.8. The summed E-state index contributed by atoms with van der Waals surface area (Å²) in [5, 5.41) is 24.1. The fraction of sp³-hybridized carbons (Fsp3) is 0.158. The molecular formula is C19H17N9O. The molecule has 5 rings (SSSR count). The van der Waals surface area contributed by atoms with E-state index in [4.69, 9.17) is 0 Å². The van der Waals surface area contributed by atoms with Crippen molar-refractivity contribution < 1.29 is 0 Å². The van der Waals surface area contributed by atoms with E-state index in [9.17, 15) is 4.79 Å². The fourth-order valence-electron chi connectivity index (χ4n) is 3.43. The number of anilines is 1. The van der Waals surface area contributed by atoms with Crippen LogP contribution in [0.4, 0.5) is 5.69 Å². The third-order valence-corrected chi connectivity index (χ3v) is 4.88. The van der Waals surface area contributed by atoms with E-state index in [1.165, 1.54) is 4.57 Å². The molecule has 2 aromatic carbocycles. The molecule has 0 atom stereocenters. The minimum absolute atomic E-state index is 0.0926. The number of aromatic nitrogens is 8. The van der Waals surface area contributed by atoms with Gasteiger partial charge in [0.25, 0.3) is 5.56 Å². The highest BCUT2D eigenvalue weighted by Crippen LogP contribution is 2.20. The van der Waals surface area contributed by atoms with E-state index in [0.29, 0.717) is 29.4 Å². The van der Waals surface area contributed by atoms with E-state index in [2.05, 4.69) is 31.0 Å². The fourth-order valence-corrected chi connectivity index (χ4v) is 3.43. The molecule has 5 aromatic rings. The third kappa shape index (κ3) is 2.73. The van der Waals surface area contributed by atoms with Crippen molar-refractivity contribution in [1.29, 1.82) is 0 Å². The van der Waals surface area contributed by atoms with Crippen molar-refractivity contribution in [1.82, 2.24) is 39.4 Å². The maximum absolute atomic E-state index is 12.6. The Morgan fingerprint density at radius 1 is 1.00 bits per heavy atom. The Morgan fingerprint density at radius 2 is 1.86 bits per heavy atom. The topological polar surface area (TPSA) is 108 Å². The number of tetrazole rings is 1. The number of fused-ring (bicyclic) bond motifs is 3. The highest BCUT2D eigenvalue weighted by Gasteiger charge is 2.14. The van der Waals surface area contributed by atoms with Gasteiger partial charge in [0.2, 0.25) is 5.78 Å². The molecule has 144 valence electrons. The molecule has 0 saturated carbocycles. The van der Waals surface area contributed by atoms with Crippen LogP contribution in [0.2, 0.25) is 0 Å². The van der Waals surface area contributed by atoms with Crippen LogP contribution in [0.3, 0.4) is 0 Å². The summed E-state index contributed by atoms with van der Waals surface area (Å²) >= 11 is 0. The predicted molar refractivity (Wildman–Crippen MR) is 107 cm³/mol. The molecule has 0 aliphatic heterocycles. The van der Waals surface area contributed by atoms with Gasteiger partial charge in [-0.2, -0.15) is 0 Å². The Morgan fingerprint density at radius 3 is 2.69 bits per heavy atom. The smallest absolute Gasteiger partial charge is 0.262 e. The van der Waals surface area contributed by atoms with Crippen molar-refractivity contribution in [2.24, 2.45) is 14.1 Å². The second-order valence-electron chi connectivity index (χ2n) is 6.69. The van der Waals surface area contributed by atoms with Crippen molar-refractivity contribution in [3.8, 4) is 11.4 Å². The van der Waals surface area contributed by atoms with Crippen LogP contribution >= 0.6 is 0 Å². The lowest BCUT2D eigenvalue weighted by atomic mass is 10.2. The lowest BCUT2D eigenvalue weighted by molar-refractivity contribution is 0.714. The number of hydrogen-bond donors (Lipinski definition) is 1. The first-order valence-electron chi connectivity index (χ1n) is 9.02. The van der Waals surface area contributed by atoms with Gasteiger partial charge in [0.1, 0.15) is 0 Å². The minimum Gasteiger partial charge on any atom is -0.378 e. The summed E-state index contributed by atoms with van der Waals surface area (Å²) in [6.45, 7) is 0.434. The van der Waals surface area contributed by atoms with Crippen LogP contribution in [0, 0.1) is 0 Å². The number of hydrogen-bond acceptors (Lipinski definition) is 7. The standard InChI is InChI=1S/C19H17N9O/c1-26-18(29)14-8-3-4-9-15(14)28-16(21-23-19(26)28)11-20-13-7-5-6-12(10-13)17-22-24-25-27(17)2/h3-10,20H,11H2,1-2H3. The van der Waals surface area contributed by atoms with E-state index in [1.807, 2.05) is 52.9 Å². The molecule has 29 heavy (non-hydrogen) atoms. The number of nitrogens with zero attached hydrogens (tertiary/aromatic N) is 8. The molecule has 0 aliphatic rings. The second kappa shape index (κ2) is 6.51. The lowest BCUT2D eigenvalue weighted by Gasteiger charge is -2.10. The molecule has 0 aliphatic carbocycles. The molecule has 0 amide bonds. The minimum atomic E-state index is -0.0926. The highest BCUT2D eigenvalue weighted by atomic mass is 16.1. The molecule has 0 spiro atoms. The molecule has 10 nitrogen and oxygen atoms in total. The molecule has 0 bridgehead atoms. The van der Waals surface area contributed by atoms with Crippen molar-refractivity contribution in [3.05, 3.63) is 64.7 Å². The average Bonchev–Trinajstić information content (AvgIpc) is 3.37. The van der Waals surface area contributed by atoms with E-state index in [0.717, 1.165) is 16.8 Å². The molecule has 0 unspecified atom stereocenters. The zero-order chi connectivity index (χ0) is 20.0. The van der Waals surface area contributed by atoms with Crippen LogP contribution in [0.5, 0.6) is 0 Å². The molecule has 1 N–H and O–H groups in total. The van der Waals surface area contributed by atoms with Crippen LogP contribution in [0.15, 0.2) is 53.3 Å². The quantitative estimate of drug-likeness (QED) is 0.496. The van der Waals surface area contributed by atoms with E-state index in [-0.39, 0.29) is 5.56 Å². The van der Waals surface area contributed by atoms with E-state index in [1.54, 1.807) is 18.8 Å². The Labute approximate surface area is 164 Å². The lowest BCUT2D eigenvalue weighted by Crippen LogP contribution is -2.20. The maximum Gasteiger partial charge on any atom is 0.262 e. The van der Waals surface area contributed by atoms with Gasteiger partial charge in [-0.25, -0.2) is 4.68 Å². The van der Waals surface area contributed by atoms with Crippen LogP contribution in [-0.4, -0.2) is 39.4 Å². The van der Waals surface area contributed by atoms with Gasteiger partial charge in [-0.15, -0.1) is 15.3 Å². The number of rotatable bonds is 4. The van der Waals surface area contributed by atoms with Gasteiger partial charge in [-0.1, -0.05) is 24.3 Å². The second-order valence-corrected chi connectivity index (χ2v) is 6.69. The summed E-state index contributed by atoms with van der Waals surface area (Å²) in [7, 11) is 3.50. The number of aryl methyl sites for hydroxylation is 2. The molecule has 3 aromatic heterocycles. The normalized spacial score (nSPS) is 11.4. The van der Waals surface area contributed by atoms with Crippen molar-refractivity contribution in [2.75, 3.05) is 5.32 Å². The van der Waals surface area contributed by atoms with Gasteiger partial charge in [0.05, 0.1) is 17.4 Å². The van der Waals surface area contributed by atoms with E-state index < -0.39 is 0 Å². The largest absolute Gasteiger partial charge is 0.378 e. The number of nitrogens with one attached hydrogen (secondary N) is 1. The Kier molecular flexibility index (Phi) is 3.83. The van der Waals surface area contributed by atoms with E-state index >= 15 is 0 Å². The molecule has 0 fully saturated rings. The van der Waals surface area contributed by atoms with Gasteiger partial charge in [-0.05, 0) is 34.7 Å². The molecule has 0 saturated heterocycles. The Bertz CT molecular complexity index is 1410. The maximum atomic E-state index is 12.6. The molecule has 0 radical (unpaired) electrons. The van der Waals surface area contributed by atoms with Crippen molar-refractivity contribution in [3.63, 3.8) is 0 Å². The SMILES string of the molecule is Cn1nnnc1-c1cccc(NCc2nnc3n(C)c(=O)c4ccccc4n23)c1. The van der Waals surface area contributed by atoms with Gasteiger partial charge in [0.15, 0.2) is 11.6 Å². The summed E-state index contributed by atoms with van der Waals surface area (Å²) in [4.78, 5) is 12.6. The predicted octanol–water partition coefficient (Wildman–Crippen LogP) is 1.38. The summed E-state index contributed by atoms with van der Waals surface area (Å²) < 4.78 is 5.04. The van der Waals surface area contributed by atoms with Crippen LogP contribution < -0.4 is 10.9 Å². The summed E-state index contributed by atoms with van der Waals surface area (Å²) in [6.07, 6.45) is 0.